The zero-order valence-electron chi connectivity index (χ0n) is 12.5. The summed E-state index contributed by atoms with van der Waals surface area (Å²) in [4.78, 5) is 16.6. The molecule has 1 aliphatic rings. The Labute approximate surface area is 138 Å². The van der Waals surface area contributed by atoms with Crippen molar-refractivity contribution in [1.82, 2.24) is 13.9 Å². The van der Waals surface area contributed by atoms with E-state index in [9.17, 15) is 4.79 Å². The zero-order valence-corrected chi connectivity index (χ0v) is 13.3. The van der Waals surface area contributed by atoms with Gasteiger partial charge in [-0.15, -0.1) is 0 Å². The highest BCUT2D eigenvalue weighted by Gasteiger charge is 2.25. The minimum Gasteiger partial charge on any atom is -0.335 e. The molecule has 1 aliphatic heterocycles. The van der Waals surface area contributed by atoms with Crippen LogP contribution in [0.5, 0.6) is 0 Å². The number of rotatable bonds is 3. The highest BCUT2D eigenvalue weighted by molar-refractivity contribution is 7.10. The summed E-state index contributed by atoms with van der Waals surface area (Å²) < 4.78 is 6.54. The van der Waals surface area contributed by atoms with Crippen LogP contribution in [0.15, 0.2) is 48.9 Å². The first-order valence-corrected chi connectivity index (χ1v) is 8.39. The van der Waals surface area contributed by atoms with Gasteiger partial charge in [-0.1, -0.05) is 30.3 Å². The van der Waals surface area contributed by atoms with E-state index in [2.05, 4.69) is 19.2 Å². The Morgan fingerprint density at radius 1 is 1.30 bits per heavy atom. The number of fused-ring (bicyclic) bond motifs is 1. The summed E-state index contributed by atoms with van der Waals surface area (Å²) in [5.74, 6) is 0.0715. The SMILES string of the molecule is O=C(Nc1cc(-c2ccccc2)ns1)C1CCn2cncc2C1. The van der Waals surface area contributed by atoms with Crippen LogP contribution in [-0.4, -0.2) is 19.8 Å². The van der Waals surface area contributed by atoms with Crippen LogP contribution in [0.3, 0.4) is 0 Å². The first-order valence-electron chi connectivity index (χ1n) is 7.61. The molecule has 116 valence electrons. The summed E-state index contributed by atoms with van der Waals surface area (Å²) in [5, 5.41) is 3.81. The van der Waals surface area contributed by atoms with Crippen LogP contribution in [0.25, 0.3) is 11.3 Å². The molecule has 0 aliphatic carbocycles. The summed E-state index contributed by atoms with van der Waals surface area (Å²) in [6, 6.07) is 11.9. The maximum absolute atomic E-state index is 12.5. The standard InChI is InChI=1S/C17H16N4OS/c22-17(13-6-7-21-11-18-10-14(21)8-13)19-16-9-15(20-23-16)12-4-2-1-3-5-12/h1-5,9-11,13H,6-8H2,(H,19,22). The molecule has 1 atom stereocenters. The molecule has 5 nitrogen and oxygen atoms in total. The van der Waals surface area contributed by atoms with E-state index >= 15 is 0 Å². The molecule has 1 unspecified atom stereocenters. The average molecular weight is 324 g/mol. The Bertz CT molecular complexity index is 824. The third-order valence-electron chi connectivity index (χ3n) is 4.17. The van der Waals surface area contributed by atoms with Gasteiger partial charge in [0, 0.05) is 42.4 Å². The molecule has 2 aromatic heterocycles. The molecule has 0 saturated carbocycles. The normalized spacial score (nSPS) is 16.8. The van der Waals surface area contributed by atoms with Crippen LogP contribution in [0.4, 0.5) is 5.00 Å². The number of hydrogen-bond acceptors (Lipinski definition) is 4. The number of hydrogen-bond donors (Lipinski definition) is 1. The smallest absolute Gasteiger partial charge is 0.228 e. The van der Waals surface area contributed by atoms with Gasteiger partial charge in [-0.25, -0.2) is 4.98 Å². The Balaban J connectivity index is 1.45. The van der Waals surface area contributed by atoms with E-state index in [0.29, 0.717) is 0 Å². The number of carbonyl (C=O) groups is 1. The number of anilines is 1. The summed E-state index contributed by atoms with van der Waals surface area (Å²) in [6.45, 7) is 0.853. The van der Waals surface area contributed by atoms with Gasteiger partial charge in [0.2, 0.25) is 5.91 Å². The molecule has 0 bridgehead atoms. The molecule has 1 aromatic carbocycles. The van der Waals surface area contributed by atoms with E-state index in [1.165, 1.54) is 11.5 Å². The van der Waals surface area contributed by atoms with Crippen LogP contribution in [0, 0.1) is 5.92 Å². The summed E-state index contributed by atoms with van der Waals surface area (Å²) in [6.07, 6.45) is 5.27. The minimum atomic E-state index is 0.00137. The van der Waals surface area contributed by atoms with Crippen LogP contribution in [-0.2, 0) is 17.8 Å². The number of nitrogens with one attached hydrogen (secondary N) is 1. The van der Waals surface area contributed by atoms with Crippen molar-refractivity contribution in [3.8, 4) is 11.3 Å². The number of benzene rings is 1. The van der Waals surface area contributed by atoms with Crippen molar-refractivity contribution in [1.29, 1.82) is 0 Å². The topological polar surface area (TPSA) is 59.8 Å². The number of aryl methyl sites for hydroxylation is 1. The van der Waals surface area contributed by atoms with E-state index in [1.807, 2.05) is 48.9 Å². The van der Waals surface area contributed by atoms with E-state index in [1.54, 1.807) is 0 Å². The summed E-state index contributed by atoms with van der Waals surface area (Å²) in [5.41, 5.74) is 3.09. The number of nitrogens with zero attached hydrogens (tertiary/aromatic N) is 3. The molecule has 0 saturated heterocycles. The third kappa shape index (κ3) is 2.90. The minimum absolute atomic E-state index is 0.00137. The molecule has 3 heterocycles. The average Bonchev–Trinajstić information content (AvgIpc) is 3.24. The Morgan fingerprint density at radius 2 is 2.17 bits per heavy atom. The number of imidazole rings is 1. The molecule has 1 N–H and O–H groups in total. The van der Waals surface area contributed by atoms with Crippen molar-refractivity contribution < 1.29 is 4.79 Å². The Hall–Kier alpha value is -2.47. The molecule has 6 heteroatoms. The van der Waals surface area contributed by atoms with E-state index in [0.717, 1.165) is 41.3 Å². The summed E-state index contributed by atoms with van der Waals surface area (Å²) >= 11 is 1.32. The second kappa shape index (κ2) is 5.96. The fourth-order valence-electron chi connectivity index (χ4n) is 2.90. The number of carbonyl (C=O) groups excluding carboxylic acids is 1. The maximum atomic E-state index is 12.5. The molecule has 23 heavy (non-hydrogen) atoms. The van der Waals surface area contributed by atoms with Gasteiger partial charge in [0.1, 0.15) is 5.00 Å². The van der Waals surface area contributed by atoms with Crippen molar-refractivity contribution in [2.45, 2.75) is 19.4 Å². The lowest BCUT2D eigenvalue weighted by molar-refractivity contribution is -0.120. The van der Waals surface area contributed by atoms with Gasteiger partial charge >= 0.3 is 0 Å². The second-order valence-electron chi connectivity index (χ2n) is 5.70. The van der Waals surface area contributed by atoms with Crippen molar-refractivity contribution in [2.24, 2.45) is 5.92 Å². The molecule has 0 spiro atoms. The van der Waals surface area contributed by atoms with Crippen LogP contribution < -0.4 is 5.32 Å². The Kier molecular flexibility index (Phi) is 3.67. The molecule has 1 amide bonds. The molecular formula is C17H16N4OS. The monoisotopic (exact) mass is 324 g/mol. The Morgan fingerprint density at radius 3 is 3.04 bits per heavy atom. The lowest BCUT2D eigenvalue weighted by Crippen LogP contribution is -2.29. The van der Waals surface area contributed by atoms with Gasteiger partial charge in [0.15, 0.2) is 0 Å². The first-order chi connectivity index (χ1) is 11.3. The lowest BCUT2D eigenvalue weighted by Gasteiger charge is -2.22. The van der Waals surface area contributed by atoms with E-state index in [4.69, 9.17) is 0 Å². The van der Waals surface area contributed by atoms with E-state index in [-0.39, 0.29) is 11.8 Å². The fraction of sp³-hybridized carbons (Fsp3) is 0.235. The highest BCUT2D eigenvalue weighted by Crippen LogP contribution is 2.27. The van der Waals surface area contributed by atoms with Gasteiger partial charge in [-0.2, -0.15) is 4.37 Å². The number of amides is 1. The zero-order chi connectivity index (χ0) is 15.6. The molecule has 3 aromatic rings. The predicted octanol–water partition coefficient (Wildman–Crippen LogP) is 3.21. The molecular weight excluding hydrogens is 308 g/mol. The van der Waals surface area contributed by atoms with Crippen LogP contribution in [0.1, 0.15) is 12.1 Å². The second-order valence-corrected chi connectivity index (χ2v) is 6.50. The van der Waals surface area contributed by atoms with Gasteiger partial charge < -0.3 is 9.88 Å². The van der Waals surface area contributed by atoms with E-state index < -0.39 is 0 Å². The maximum Gasteiger partial charge on any atom is 0.228 e. The van der Waals surface area contributed by atoms with Crippen LogP contribution >= 0.6 is 11.5 Å². The summed E-state index contributed by atoms with van der Waals surface area (Å²) in [7, 11) is 0. The largest absolute Gasteiger partial charge is 0.335 e. The molecule has 0 radical (unpaired) electrons. The van der Waals surface area contributed by atoms with Crippen molar-refractivity contribution in [2.75, 3.05) is 5.32 Å². The third-order valence-corrected chi connectivity index (χ3v) is 4.87. The number of aromatic nitrogens is 3. The van der Waals surface area contributed by atoms with Gasteiger partial charge in [0.25, 0.3) is 0 Å². The lowest BCUT2D eigenvalue weighted by atomic mass is 9.95. The quantitative estimate of drug-likeness (QED) is 0.805. The first kappa shape index (κ1) is 14.1. The van der Waals surface area contributed by atoms with Crippen molar-refractivity contribution in [3.05, 3.63) is 54.6 Å². The molecule has 4 rings (SSSR count). The van der Waals surface area contributed by atoms with Gasteiger partial charge in [-0.3, -0.25) is 4.79 Å². The highest BCUT2D eigenvalue weighted by atomic mass is 32.1. The fourth-order valence-corrected chi connectivity index (χ4v) is 3.56. The van der Waals surface area contributed by atoms with Crippen LogP contribution in [0.2, 0.25) is 0 Å². The van der Waals surface area contributed by atoms with Crippen molar-refractivity contribution in [3.63, 3.8) is 0 Å². The van der Waals surface area contributed by atoms with Gasteiger partial charge in [0.05, 0.1) is 12.0 Å². The van der Waals surface area contributed by atoms with Crippen molar-refractivity contribution >= 4 is 22.4 Å². The predicted molar refractivity (Wildman–Crippen MR) is 90.2 cm³/mol. The van der Waals surface area contributed by atoms with Gasteiger partial charge in [-0.05, 0) is 18.0 Å². The molecule has 0 fully saturated rings.